The highest BCUT2D eigenvalue weighted by atomic mass is 32.1. The van der Waals surface area contributed by atoms with Crippen LogP contribution in [0, 0.1) is 11.6 Å². The van der Waals surface area contributed by atoms with E-state index in [1.165, 1.54) is 29.4 Å². The molecule has 112 valence electrons. The molecule has 0 amide bonds. The Bertz CT molecular complexity index is 824. The van der Waals surface area contributed by atoms with Gasteiger partial charge < -0.3 is 0 Å². The van der Waals surface area contributed by atoms with E-state index in [1.807, 2.05) is 6.07 Å². The fourth-order valence-electron chi connectivity index (χ4n) is 1.96. The molecule has 0 radical (unpaired) electrons. The van der Waals surface area contributed by atoms with E-state index in [0.29, 0.717) is 5.82 Å². The molecular formula is C15H12F2N4S. The zero-order valence-electron chi connectivity index (χ0n) is 11.7. The highest BCUT2D eigenvalue weighted by Gasteiger charge is 2.08. The summed E-state index contributed by atoms with van der Waals surface area (Å²) in [7, 11) is 0. The number of aryl methyl sites for hydroxylation is 1. The second kappa shape index (κ2) is 6.15. The fourth-order valence-corrected chi connectivity index (χ4v) is 2.90. The second-order valence-electron chi connectivity index (χ2n) is 4.51. The van der Waals surface area contributed by atoms with Crippen LogP contribution in [0.25, 0.3) is 10.2 Å². The van der Waals surface area contributed by atoms with Crippen molar-refractivity contribution in [2.45, 2.75) is 13.3 Å². The van der Waals surface area contributed by atoms with Gasteiger partial charge in [0.05, 0.1) is 17.2 Å². The molecule has 7 heteroatoms. The van der Waals surface area contributed by atoms with E-state index in [4.69, 9.17) is 0 Å². The van der Waals surface area contributed by atoms with Gasteiger partial charge in [0.25, 0.3) is 0 Å². The fraction of sp³-hybridized carbons (Fsp3) is 0.133. The Balaban J connectivity index is 1.88. The number of nitrogens with zero attached hydrogens (tertiary/aromatic N) is 3. The van der Waals surface area contributed by atoms with Gasteiger partial charge in [-0.3, -0.25) is 5.43 Å². The highest BCUT2D eigenvalue weighted by Crippen LogP contribution is 2.28. The molecule has 2 heterocycles. The van der Waals surface area contributed by atoms with Crippen LogP contribution in [-0.4, -0.2) is 16.2 Å². The quantitative estimate of drug-likeness (QED) is 0.585. The number of rotatable bonds is 4. The smallest absolute Gasteiger partial charge is 0.158 e. The molecule has 0 aliphatic carbocycles. The lowest BCUT2D eigenvalue weighted by atomic mass is 10.2. The molecule has 0 aliphatic rings. The first-order valence-electron chi connectivity index (χ1n) is 6.65. The molecule has 0 saturated carbocycles. The zero-order valence-corrected chi connectivity index (χ0v) is 12.5. The molecule has 4 nitrogen and oxygen atoms in total. The summed E-state index contributed by atoms with van der Waals surface area (Å²) in [6.45, 7) is 2.06. The number of halogens is 2. The maximum Gasteiger partial charge on any atom is 0.158 e. The van der Waals surface area contributed by atoms with Crippen LogP contribution < -0.4 is 5.43 Å². The van der Waals surface area contributed by atoms with Crippen molar-refractivity contribution in [3.05, 3.63) is 52.7 Å². The summed E-state index contributed by atoms with van der Waals surface area (Å²) in [5, 5.41) is 4.72. The number of hydrogen-bond donors (Lipinski definition) is 1. The molecule has 0 spiro atoms. The average molecular weight is 318 g/mol. The van der Waals surface area contributed by atoms with Gasteiger partial charge in [-0.2, -0.15) is 5.10 Å². The first kappa shape index (κ1) is 14.5. The van der Waals surface area contributed by atoms with E-state index in [1.54, 1.807) is 11.3 Å². The van der Waals surface area contributed by atoms with Gasteiger partial charge in [-0.15, -0.1) is 11.3 Å². The van der Waals surface area contributed by atoms with Crippen molar-refractivity contribution in [2.24, 2.45) is 5.10 Å². The summed E-state index contributed by atoms with van der Waals surface area (Å²) in [4.78, 5) is 10.3. The summed E-state index contributed by atoms with van der Waals surface area (Å²) < 4.78 is 27.0. The van der Waals surface area contributed by atoms with Gasteiger partial charge >= 0.3 is 0 Å². The molecule has 0 fully saturated rings. The Morgan fingerprint density at radius 1 is 1.27 bits per heavy atom. The maximum absolute atomic E-state index is 13.5. The van der Waals surface area contributed by atoms with Gasteiger partial charge in [0.1, 0.15) is 22.8 Å². The van der Waals surface area contributed by atoms with Crippen LogP contribution in [0.2, 0.25) is 0 Å². The normalized spacial score (nSPS) is 11.4. The molecular weight excluding hydrogens is 306 g/mol. The molecule has 0 aliphatic heterocycles. The summed E-state index contributed by atoms with van der Waals surface area (Å²) >= 11 is 1.58. The summed E-state index contributed by atoms with van der Waals surface area (Å²) in [5.41, 5.74) is 2.53. The average Bonchev–Trinajstić information content (AvgIpc) is 2.94. The number of fused-ring (bicyclic) bond motifs is 1. The van der Waals surface area contributed by atoms with E-state index in [9.17, 15) is 8.78 Å². The Labute approximate surface area is 129 Å². The lowest BCUT2D eigenvalue weighted by Crippen LogP contribution is -1.98. The van der Waals surface area contributed by atoms with Gasteiger partial charge in [-0.25, -0.2) is 18.7 Å². The van der Waals surface area contributed by atoms with Gasteiger partial charge in [-0.1, -0.05) is 13.0 Å². The monoisotopic (exact) mass is 318 g/mol. The van der Waals surface area contributed by atoms with Crippen molar-refractivity contribution in [3.63, 3.8) is 0 Å². The van der Waals surface area contributed by atoms with Crippen molar-refractivity contribution in [1.29, 1.82) is 0 Å². The summed E-state index contributed by atoms with van der Waals surface area (Å²) in [6, 6.07) is 5.65. The molecule has 2 aromatic heterocycles. The lowest BCUT2D eigenvalue weighted by Gasteiger charge is -2.01. The molecule has 0 unspecified atom stereocenters. The Hall–Kier alpha value is -2.41. The van der Waals surface area contributed by atoms with E-state index in [0.717, 1.165) is 22.9 Å². The minimum absolute atomic E-state index is 0.195. The lowest BCUT2D eigenvalue weighted by molar-refractivity contribution is 0.580. The van der Waals surface area contributed by atoms with E-state index >= 15 is 0 Å². The third-order valence-corrected chi connectivity index (χ3v) is 4.28. The Morgan fingerprint density at radius 3 is 2.77 bits per heavy atom. The molecule has 0 saturated heterocycles. The predicted octanol–water partition coefficient (Wildman–Crippen LogP) is 3.98. The maximum atomic E-state index is 13.5. The minimum atomic E-state index is -0.665. The Kier molecular flexibility index (Phi) is 4.06. The SMILES string of the molecule is CCc1cc2c(N/N=C/c3c(F)cccc3F)ncnc2s1. The number of nitrogens with one attached hydrogen (secondary N) is 1. The predicted molar refractivity (Wildman–Crippen MR) is 84.4 cm³/mol. The van der Waals surface area contributed by atoms with Crippen LogP contribution >= 0.6 is 11.3 Å². The molecule has 0 atom stereocenters. The van der Waals surface area contributed by atoms with E-state index in [-0.39, 0.29) is 5.56 Å². The molecule has 1 N–H and O–H groups in total. The van der Waals surface area contributed by atoms with Crippen molar-refractivity contribution in [3.8, 4) is 0 Å². The third kappa shape index (κ3) is 2.80. The molecule has 3 aromatic rings. The topological polar surface area (TPSA) is 50.2 Å². The van der Waals surface area contributed by atoms with Crippen LogP contribution in [0.5, 0.6) is 0 Å². The molecule has 3 rings (SSSR count). The number of aromatic nitrogens is 2. The molecule has 0 bridgehead atoms. The first-order valence-corrected chi connectivity index (χ1v) is 7.47. The van der Waals surface area contributed by atoms with Gasteiger partial charge in [0, 0.05) is 4.88 Å². The van der Waals surface area contributed by atoms with Gasteiger partial charge in [-0.05, 0) is 24.6 Å². The first-order chi connectivity index (χ1) is 10.7. The number of hydrogen-bond acceptors (Lipinski definition) is 5. The van der Waals surface area contributed by atoms with Crippen LogP contribution in [0.15, 0.2) is 35.7 Å². The second-order valence-corrected chi connectivity index (χ2v) is 5.63. The zero-order chi connectivity index (χ0) is 15.5. The van der Waals surface area contributed by atoms with Crippen molar-refractivity contribution in [1.82, 2.24) is 9.97 Å². The minimum Gasteiger partial charge on any atom is -0.261 e. The number of thiophene rings is 1. The van der Waals surface area contributed by atoms with Crippen molar-refractivity contribution >= 4 is 33.6 Å². The van der Waals surface area contributed by atoms with Gasteiger partial charge in [0.15, 0.2) is 5.82 Å². The highest BCUT2D eigenvalue weighted by molar-refractivity contribution is 7.18. The van der Waals surface area contributed by atoms with E-state index < -0.39 is 11.6 Å². The summed E-state index contributed by atoms with van der Waals surface area (Å²) in [6.07, 6.45) is 3.44. The number of hydrazone groups is 1. The number of benzene rings is 1. The van der Waals surface area contributed by atoms with Crippen LogP contribution in [0.3, 0.4) is 0 Å². The largest absolute Gasteiger partial charge is 0.261 e. The third-order valence-electron chi connectivity index (χ3n) is 3.09. The molecule has 1 aromatic carbocycles. The van der Waals surface area contributed by atoms with Crippen LogP contribution in [0.1, 0.15) is 17.4 Å². The van der Waals surface area contributed by atoms with Gasteiger partial charge in [0.2, 0.25) is 0 Å². The van der Waals surface area contributed by atoms with Crippen LogP contribution in [0.4, 0.5) is 14.6 Å². The van der Waals surface area contributed by atoms with Crippen molar-refractivity contribution in [2.75, 3.05) is 5.43 Å². The number of anilines is 1. The van der Waals surface area contributed by atoms with Crippen molar-refractivity contribution < 1.29 is 8.78 Å². The van der Waals surface area contributed by atoms with Crippen LogP contribution in [-0.2, 0) is 6.42 Å². The Morgan fingerprint density at radius 2 is 2.05 bits per heavy atom. The van der Waals surface area contributed by atoms with E-state index in [2.05, 4.69) is 27.4 Å². The molecule has 22 heavy (non-hydrogen) atoms. The standard InChI is InChI=1S/C15H12F2N4S/c1-2-9-6-10-14(18-8-19-15(10)22-9)21-20-7-11-12(16)4-3-5-13(11)17/h3-8H,2H2,1H3,(H,18,19,21)/b20-7+. The summed E-state index contributed by atoms with van der Waals surface area (Å²) in [5.74, 6) is -0.821.